The first kappa shape index (κ1) is 17.5. The normalized spacial score (nSPS) is 11.4. The van der Waals surface area contributed by atoms with Crippen molar-refractivity contribution in [3.05, 3.63) is 83.9 Å². The fourth-order valence-corrected chi connectivity index (χ4v) is 3.71. The number of benzene rings is 2. The summed E-state index contributed by atoms with van der Waals surface area (Å²) in [6.45, 7) is 0.738. The van der Waals surface area contributed by atoms with Crippen LogP contribution >= 0.6 is 23.1 Å². The molecule has 1 heterocycles. The van der Waals surface area contributed by atoms with Gasteiger partial charge in [0.05, 0.1) is 0 Å². The summed E-state index contributed by atoms with van der Waals surface area (Å²) >= 11 is 3.28. The van der Waals surface area contributed by atoms with Crippen LogP contribution in [-0.4, -0.2) is 22.5 Å². The summed E-state index contributed by atoms with van der Waals surface area (Å²) in [4.78, 5) is 0. The third-order valence-electron chi connectivity index (χ3n) is 3.30. The summed E-state index contributed by atoms with van der Waals surface area (Å²) < 4.78 is 0.979. The van der Waals surface area contributed by atoms with Gasteiger partial charge in [-0.05, 0) is 11.1 Å². The largest absolute Gasteiger partial charge is 0.357 e. The lowest BCUT2D eigenvalue weighted by Gasteiger charge is -1.95. The lowest BCUT2D eigenvalue weighted by Crippen LogP contribution is -1.96. The molecule has 0 aliphatic heterocycles. The van der Waals surface area contributed by atoms with E-state index in [1.165, 1.54) is 11.1 Å². The van der Waals surface area contributed by atoms with Crippen molar-refractivity contribution in [3.8, 4) is 0 Å². The highest BCUT2D eigenvalue weighted by Crippen LogP contribution is 2.25. The molecule has 0 saturated heterocycles. The van der Waals surface area contributed by atoms with Crippen LogP contribution in [0.4, 0.5) is 5.13 Å². The molecule has 0 atom stereocenters. The number of hydrogen-bond acceptors (Lipinski definition) is 5. The van der Waals surface area contributed by atoms with Gasteiger partial charge in [0.25, 0.3) is 0 Å². The first-order valence-electron chi connectivity index (χ1n) is 8.03. The summed E-state index contributed by atoms with van der Waals surface area (Å²) in [6, 6.07) is 20.6. The molecule has 3 nitrogen and oxygen atoms in total. The highest BCUT2D eigenvalue weighted by atomic mass is 32.2. The van der Waals surface area contributed by atoms with Crippen molar-refractivity contribution in [3.63, 3.8) is 0 Å². The van der Waals surface area contributed by atoms with Crippen LogP contribution in [0.5, 0.6) is 0 Å². The predicted molar refractivity (Wildman–Crippen MR) is 110 cm³/mol. The van der Waals surface area contributed by atoms with Crippen LogP contribution in [0.3, 0.4) is 0 Å². The Bertz CT molecular complexity index is 743. The Balaban J connectivity index is 1.40. The van der Waals surface area contributed by atoms with Crippen LogP contribution in [0.2, 0.25) is 0 Å². The van der Waals surface area contributed by atoms with Gasteiger partial charge in [-0.2, -0.15) is 0 Å². The molecule has 25 heavy (non-hydrogen) atoms. The third-order valence-corrected chi connectivity index (χ3v) is 5.27. The van der Waals surface area contributed by atoms with Gasteiger partial charge in [0, 0.05) is 12.3 Å². The van der Waals surface area contributed by atoms with E-state index in [0.717, 1.165) is 21.8 Å². The van der Waals surface area contributed by atoms with Gasteiger partial charge in [0.2, 0.25) is 5.13 Å². The van der Waals surface area contributed by atoms with Gasteiger partial charge < -0.3 is 5.32 Å². The molecule has 0 radical (unpaired) electrons. The number of anilines is 1. The quantitative estimate of drug-likeness (QED) is 0.537. The fourth-order valence-electron chi connectivity index (χ4n) is 2.11. The number of rotatable bonds is 8. The smallest absolute Gasteiger partial charge is 0.206 e. The maximum atomic E-state index is 4.21. The molecule has 0 aliphatic rings. The minimum atomic E-state index is 0.738. The summed E-state index contributed by atoms with van der Waals surface area (Å²) in [7, 11) is 0. The zero-order valence-corrected chi connectivity index (χ0v) is 15.3. The summed E-state index contributed by atoms with van der Waals surface area (Å²) in [5.41, 5.74) is 2.41. The number of aromatic nitrogens is 2. The van der Waals surface area contributed by atoms with Crippen molar-refractivity contribution in [2.24, 2.45) is 0 Å². The summed E-state index contributed by atoms with van der Waals surface area (Å²) in [5.74, 6) is 0.886. The minimum Gasteiger partial charge on any atom is -0.357 e. The van der Waals surface area contributed by atoms with E-state index in [4.69, 9.17) is 0 Å². The third kappa shape index (κ3) is 6.21. The van der Waals surface area contributed by atoms with E-state index in [1.807, 2.05) is 36.4 Å². The second kappa shape index (κ2) is 9.81. The average Bonchev–Trinajstić information content (AvgIpc) is 3.12. The van der Waals surface area contributed by atoms with E-state index in [-0.39, 0.29) is 0 Å². The van der Waals surface area contributed by atoms with Gasteiger partial charge in [0.15, 0.2) is 4.34 Å². The topological polar surface area (TPSA) is 37.8 Å². The van der Waals surface area contributed by atoms with Crippen molar-refractivity contribution in [1.82, 2.24) is 10.2 Å². The second-order valence-corrected chi connectivity index (χ2v) is 7.44. The monoisotopic (exact) mass is 365 g/mol. The molecular weight excluding hydrogens is 346 g/mol. The molecule has 0 aliphatic carbocycles. The summed E-state index contributed by atoms with van der Waals surface area (Å²) in [5, 5.41) is 12.5. The minimum absolute atomic E-state index is 0.738. The highest BCUT2D eigenvalue weighted by Gasteiger charge is 2.02. The molecule has 0 fully saturated rings. The average molecular weight is 366 g/mol. The first-order chi connectivity index (χ1) is 12.4. The van der Waals surface area contributed by atoms with Crippen molar-refractivity contribution < 1.29 is 0 Å². The van der Waals surface area contributed by atoms with Crippen LogP contribution in [-0.2, 0) is 0 Å². The molecule has 0 bridgehead atoms. The molecule has 0 amide bonds. The molecule has 126 valence electrons. The number of nitrogens with zero attached hydrogens (tertiary/aromatic N) is 2. The van der Waals surface area contributed by atoms with Crippen LogP contribution < -0.4 is 5.32 Å². The van der Waals surface area contributed by atoms with Crippen molar-refractivity contribution >= 4 is 40.4 Å². The Hall–Kier alpha value is -2.37. The van der Waals surface area contributed by atoms with E-state index >= 15 is 0 Å². The number of thioether (sulfide) groups is 1. The van der Waals surface area contributed by atoms with Gasteiger partial charge in [0.1, 0.15) is 0 Å². The maximum Gasteiger partial charge on any atom is 0.206 e. The second-order valence-electron chi connectivity index (χ2n) is 5.19. The van der Waals surface area contributed by atoms with Crippen LogP contribution in [0.25, 0.3) is 12.2 Å². The zero-order valence-electron chi connectivity index (χ0n) is 13.7. The van der Waals surface area contributed by atoms with E-state index in [2.05, 4.69) is 64.1 Å². The molecule has 5 heteroatoms. The summed E-state index contributed by atoms with van der Waals surface area (Å²) in [6.07, 6.45) is 8.46. The van der Waals surface area contributed by atoms with Crippen molar-refractivity contribution in [2.45, 2.75) is 4.34 Å². The van der Waals surface area contributed by atoms with Gasteiger partial charge in [-0.15, -0.1) is 10.2 Å². The number of hydrogen-bond donors (Lipinski definition) is 1. The van der Waals surface area contributed by atoms with Crippen molar-refractivity contribution in [1.29, 1.82) is 0 Å². The van der Waals surface area contributed by atoms with Crippen LogP contribution in [0, 0.1) is 0 Å². The Morgan fingerprint density at radius 2 is 1.48 bits per heavy atom. The lowest BCUT2D eigenvalue weighted by atomic mass is 10.2. The first-order valence-corrected chi connectivity index (χ1v) is 9.84. The standard InChI is InChI=1S/C20H19N3S2/c1-3-9-17(10-4-1)13-7-15-21-19-22-23-20(25-19)24-16-8-14-18-11-5-2-6-12-18/h1-14H,15-16H2,(H,21,22)/b13-7+,14-8+. The number of nitrogens with one attached hydrogen (secondary N) is 1. The van der Waals surface area contributed by atoms with Gasteiger partial charge in [-0.3, -0.25) is 0 Å². The van der Waals surface area contributed by atoms with Gasteiger partial charge in [-0.25, -0.2) is 0 Å². The van der Waals surface area contributed by atoms with Gasteiger partial charge >= 0.3 is 0 Å². The molecule has 2 aromatic carbocycles. The Kier molecular flexibility index (Phi) is 6.85. The molecule has 0 spiro atoms. The van der Waals surface area contributed by atoms with Crippen LogP contribution in [0.1, 0.15) is 11.1 Å². The predicted octanol–water partition coefficient (Wildman–Crippen LogP) is 5.47. The Labute approximate surface area is 156 Å². The van der Waals surface area contributed by atoms with Gasteiger partial charge in [-0.1, -0.05) is 108 Å². The molecule has 1 aromatic heterocycles. The molecular formula is C20H19N3S2. The van der Waals surface area contributed by atoms with Crippen molar-refractivity contribution in [2.75, 3.05) is 17.6 Å². The van der Waals surface area contributed by atoms with E-state index in [0.29, 0.717) is 0 Å². The molecule has 1 N–H and O–H groups in total. The van der Waals surface area contributed by atoms with E-state index in [9.17, 15) is 0 Å². The van der Waals surface area contributed by atoms with Crippen LogP contribution in [0.15, 0.2) is 77.2 Å². The van der Waals surface area contributed by atoms with E-state index < -0.39 is 0 Å². The SMILES string of the molecule is C(=C\c1ccccc1)/CNc1nnc(SC/C=C/c2ccccc2)s1. The lowest BCUT2D eigenvalue weighted by molar-refractivity contribution is 1.01. The maximum absolute atomic E-state index is 4.21. The Morgan fingerprint density at radius 3 is 2.16 bits per heavy atom. The molecule has 0 saturated carbocycles. The zero-order chi connectivity index (χ0) is 17.2. The van der Waals surface area contributed by atoms with E-state index in [1.54, 1.807) is 23.1 Å². The molecule has 3 aromatic rings. The highest BCUT2D eigenvalue weighted by molar-refractivity contribution is 8.01. The Morgan fingerprint density at radius 1 is 0.840 bits per heavy atom. The molecule has 0 unspecified atom stereocenters. The molecule has 3 rings (SSSR count). The fraction of sp³-hybridized carbons (Fsp3) is 0.100.